The second-order valence-electron chi connectivity index (χ2n) is 9.69. The average Bonchev–Trinajstić information content (AvgIpc) is 2.76. The summed E-state index contributed by atoms with van der Waals surface area (Å²) >= 11 is 0. The van der Waals surface area contributed by atoms with Gasteiger partial charge in [0.2, 0.25) is 0 Å². The first kappa shape index (κ1) is 30.2. The van der Waals surface area contributed by atoms with Crippen molar-refractivity contribution in [2.24, 2.45) is 0 Å². The fourth-order valence-electron chi connectivity index (χ4n) is 4.43. The largest absolute Gasteiger partial charge is 0.456 e. The molecule has 0 aromatic carbocycles. The van der Waals surface area contributed by atoms with E-state index in [1.54, 1.807) is 6.92 Å². The number of unbranched alkanes of at least 4 members (excludes halogenated alkanes) is 14. The van der Waals surface area contributed by atoms with Gasteiger partial charge in [-0.25, -0.2) is 4.79 Å². The lowest BCUT2D eigenvalue weighted by Gasteiger charge is -2.38. The van der Waals surface area contributed by atoms with Gasteiger partial charge in [0.05, 0.1) is 19.6 Å². The molecule has 0 amide bonds. The third-order valence-electron chi connectivity index (χ3n) is 6.79. The number of hydrogen-bond donors (Lipinski definition) is 0. The summed E-state index contributed by atoms with van der Waals surface area (Å²) in [6.07, 6.45) is 21.9. The van der Waals surface area contributed by atoms with Crippen LogP contribution in [-0.4, -0.2) is 43.2 Å². The lowest BCUT2D eigenvalue weighted by Crippen LogP contribution is -2.51. The van der Waals surface area contributed by atoms with Crippen LogP contribution in [0.15, 0.2) is 12.2 Å². The Bertz CT molecular complexity index is 435. The lowest BCUT2D eigenvalue weighted by atomic mass is 10.1. The molecule has 0 bridgehead atoms. The smallest absolute Gasteiger partial charge is 0.333 e. The molecule has 0 spiro atoms. The second kappa shape index (κ2) is 21.0. The van der Waals surface area contributed by atoms with Gasteiger partial charge in [0.15, 0.2) is 0 Å². The highest BCUT2D eigenvalue weighted by Crippen LogP contribution is 2.16. The van der Waals surface area contributed by atoms with Crippen molar-refractivity contribution in [2.75, 3.05) is 32.8 Å². The van der Waals surface area contributed by atoms with E-state index in [0.717, 1.165) is 17.6 Å². The van der Waals surface area contributed by atoms with Crippen LogP contribution in [0.4, 0.5) is 0 Å². The Labute approximate surface area is 195 Å². The zero-order chi connectivity index (χ0) is 23.2. The van der Waals surface area contributed by atoms with E-state index >= 15 is 0 Å². The number of likely N-dealkylation sites (N-methyl/N-ethyl adjacent to an activating group) is 1. The molecule has 0 fully saturated rings. The molecule has 0 radical (unpaired) electrons. The van der Waals surface area contributed by atoms with E-state index in [9.17, 15) is 4.79 Å². The summed E-state index contributed by atoms with van der Waals surface area (Å²) in [5, 5.41) is 0. The molecule has 0 aliphatic carbocycles. The van der Waals surface area contributed by atoms with Crippen LogP contribution in [0.1, 0.15) is 130 Å². The highest BCUT2D eigenvalue weighted by molar-refractivity contribution is 5.86. The van der Waals surface area contributed by atoms with Gasteiger partial charge in [-0.15, -0.1) is 0 Å². The van der Waals surface area contributed by atoms with E-state index < -0.39 is 0 Å². The Morgan fingerprint density at radius 2 is 1.03 bits per heavy atom. The molecule has 1 atom stereocenters. The van der Waals surface area contributed by atoms with Gasteiger partial charge in [-0.2, -0.15) is 0 Å². The number of quaternary nitrogens is 1. The monoisotopic (exact) mass is 438 g/mol. The summed E-state index contributed by atoms with van der Waals surface area (Å²) in [5.41, 5.74) is 0.500. The third kappa shape index (κ3) is 17.4. The van der Waals surface area contributed by atoms with E-state index in [1.807, 2.05) is 0 Å². The molecule has 0 N–H and O–H groups in total. The van der Waals surface area contributed by atoms with Gasteiger partial charge in [0, 0.05) is 5.57 Å². The number of carbonyl (C=O) groups is 1. The number of hydrogen-bond acceptors (Lipinski definition) is 2. The van der Waals surface area contributed by atoms with Gasteiger partial charge in [-0.3, -0.25) is 0 Å². The maximum atomic E-state index is 11.8. The van der Waals surface area contributed by atoms with Crippen LogP contribution >= 0.6 is 0 Å². The zero-order valence-electron chi connectivity index (χ0n) is 21.8. The quantitative estimate of drug-likeness (QED) is 0.0695. The Morgan fingerprint density at radius 1 is 0.645 bits per heavy atom. The number of rotatable bonds is 23. The Kier molecular flexibility index (Phi) is 20.5. The minimum absolute atomic E-state index is 0.243. The van der Waals surface area contributed by atoms with Crippen molar-refractivity contribution in [2.45, 2.75) is 130 Å². The predicted octanol–water partition coefficient (Wildman–Crippen LogP) is 8.22. The first-order valence-electron chi connectivity index (χ1n) is 13.7. The van der Waals surface area contributed by atoms with Crippen LogP contribution < -0.4 is 0 Å². The Balaban J connectivity index is 4.30. The van der Waals surface area contributed by atoms with Gasteiger partial charge in [0.25, 0.3) is 0 Å². The molecule has 0 saturated carbocycles. The molecule has 0 heterocycles. The normalized spacial score (nSPS) is 13.2. The van der Waals surface area contributed by atoms with Gasteiger partial charge in [-0.05, 0) is 39.5 Å². The average molecular weight is 439 g/mol. The molecule has 0 saturated heterocycles. The number of carbonyl (C=O) groups excluding carboxylic acids is 1. The van der Waals surface area contributed by atoms with Crippen LogP contribution in [-0.2, 0) is 9.53 Å². The predicted molar refractivity (Wildman–Crippen MR) is 136 cm³/mol. The molecule has 0 aliphatic rings. The highest BCUT2D eigenvalue weighted by Gasteiger charge is 2.25. The molecule has 3 heteroatoms. The summed E-state index contributed by atoms with van der Waals surface area (Å²) in [5.74, 6) is -0.243. The van der Waals surface area contributed by atoms with Crippen molar-refractivity contribution < 1.29 is 14.0 Å². The number of esters is 1. The molecular formula is C28H56NO2+. The van der Waals surface area contributed by atoms with Crippen molar-refractivity contribution in [3.05, 3.63) is 12.2 Å². The summed E-state index contributed by atoms with van der Waals surface area (Å²) in [4.78, 5) is 11.8. The van der Waals surface area contributed by atoms with Gasteiger partial charge < -0.3 is 9.22 Å². The van der Waals surface area contributed by atoms with E-state index in [2.05, 4.69) is 27.4 Å². The minimum atomic E-state index is -0.243. The fraction of sp³-hybridized carbons (Fsp3) is 0.893. The van der Waals surface area contributed by atoms with Crippen molar-refractivity contribution in [1.29, 1.82) is 0 Å². The number of nitrogens with zero attached hydrogens (tertiary/aromatic N) is 1. The first-order valence-corrected chi connectivity index (χ1v) is 13.7. The van der Waals surface area contributed by atoms with Gasteiger partial charge >= 0.3 is 5.97 Å². The van der Waals surface area contributed by atoms with Crippen LogP contribution in [0.3, 0.4) is 0 Å². The Morgan fingerprint density at radius 3 is 1.39 bits per heavy atom. The van der Waals surface area contributed by atoms with Crippen molar-refractivity contribution in [3.63, 3.8) is 0 Å². The van der Waals surface area contributed by atoms with Crippen LogP contribution in [0, 0.1) is 0 Å². The molecule has 3 nitrogen and oxygen atoms in total. The van der Waals surface area contributed by atoms with E-state index in [1.165, 1.54) is 116 Å². The first-order chi connectivity index (χ1) is 15.0. The second-order valence-corrected chi connectivity index (χ2v) is 9.69. The SMILES string of the molecule is C=C(C)C(=O)OCC[N+](CC)(CCCCCCCC)CCCCCCCCCCCC. The van der Waals surface area contributed by atoms with Crippen molar-refractivity contribution in [3.8, 4) is 0 Å². The molecule has 0 aromatic rings. The van der Waals surface area contributed by atoms with E-state index in [4.69, 9.17) is 4.74 Å². The molecule has 184 valence electrons. The summed E-state index contributed by atoms with van der Waals surface area (Å²) < 4.78 is 6.57. The molecule has 0 aliphatic heterocycles. The van der Waals surface area contributed by atoms with Gasteiger partial charge in [0.1, 0.15) is 13.2 Å². The van der Waals surface area contributed by atoms with Crippen LogP contribution in [0.5, 0.6) is 0 Å². The Hall–Kier alpha value is -0.830. The summed E-state index contributed by atoms with van der Waals surface area (Å²) in [6.45, 7) is 17.4. The van der Waals surface area contributed by atoms with Crippen molar-refractivity contribution in [1.82, 2.24) is 0 Å². The number of ether oxygens (including phenoxy) is 1. The van der Waals surface area contributed by atoms with Crippen LogP contribution in [0.25, 0.3) is 0 Å². The molecule has 31 heavy (non-hydrogen) atoms. The maximum Gasteiger partial charge on any atom is 0.333 e. The summed E-state index contributed by atoms with van der Waals surface area (Å²) in [6, 6.07) is 0. The van der Waals surface area contributed by atoms with Gasteiger partial charge in [-0.1, -0.05) is 97.5 Å². The summed E-state index contributed by atoms with van der Waals surface area (Å²) in [7, 11) is 0. The maximum absolute atomic E-state index is 11.8. The standard InChI is InChI=1S/C28H56NO2/c1-6-9-11-13-15-16-17-18-20-22-24-29(8-3,23-21-19-14-12-10-7-2)25-26-31-28(30)27(4)5/h4,6-26H2,1-3,5H3/q+1. The molecular weight excluding hydrogens is 382 g/mol. The zero-order valence-corrected chi connectivity index (χ0v) is 21.8. The fourth-order valence-corrected chi connectivity index (χ4v) is 4.43. The minimum Gasteiger partial charge on any atom is -0.456 e. The molecule has 0 aromatic heterocycles. The molecule has 1 unspecified atom stereocenters. The lowest BCUT2D eigenvalue weighted by molar-refractivity contribution is -0.927. The van der Waals surface area contributed by atoms with Crippen LogP contribution in [0.2, 0.25) is 0 Å². The highest BCUT2D eigenvalue weighted by atomic mass is 16.5. The van der Waals surface area contributed by atoms with E-state index in [0.29, 0.717) is 12.2 Å². The van der Waals surface area contributed by atoms with Crippen molar-refractivity contribution >= 4 is 5.97 Å². The van der Waals surface area contributed by atoms with E-state index in [-0.39, 0.29) is 5.97 Å². The topological polar surface area (TPSA) is 26.3 Å². The molecule has 0 rings (SSSR count). The third-order valence-corrected chi connectivity index (χ3v) is 6.79.